The maximum Gasteiger partial charge on any atom is 0.160 e. The Bertz CT molecular complexity index is 2520. The first-order valence-electron chi connectivity index (χ1n) is 15.3. The van der Waals surface area contributed by atoms with E-state index in [2.05, 4.69) is 144 Å². The predicted molar refractivity (Wildman–Crippen MR) is 188 cm³/mol. The highest BCUT2D eigenvalue weighted by atomic mass is 15.0. The lowest BCUT2D eigenvalue weighted by atomic mass is 9.98. The van der Waals surface area contributed by atoms with Gasteiger partial charge in [-0.3, -0.25) is 0 Å². The van der Waals surface area contributed by atoms with Crippen molar-refractivity contribution in [1.29, 1.82) is 0 Å². The molecule has 0 saturated carbocycles. The third kappa shape index (κ3) is 4.21. The Morgan fingerprint density at radius 1 is 0.378 bits per heavy atom. The average molecular weight is 574 g/mol. The van der Waals surface area contributed by atoms with Crippen LogP contribution in [-0.2, 0) is 0 Å². The number of aromatic nitrogens is 3. The number of nitrogens with zero attached hydrogens (tertiary/aromatic N) is 3. The fourth-order valence-electron chi connectivity index (χ4n) is 6.66. The molecule has 0 spiro atoms. The van der Waals surface area contributed by atoms with E-state index in [1.54, 1.807) is 0 Å². The second-order valence-corrected chi connectivity index (χ2v) is 11.4. The number of hydrogen-bond donors (Lipinski definition) is 0. The largest absolute Gasteiger partial charge is 0.309 e. The van der Waals surface area contributed by atoms with E-state index in [0.29, 0.717) is 0 Å². The number of hydrogen-bond acceptors (Lipinski definition) is 2. The van der Waals surface area contributed by atoms with Gasteiger partial charge in [-0.1, -0.05) is 127 Å². The number of benzene rings is 7. The van der Waals surface area contributed by atoms with Crippen LogP contribution in [0.4, 0.5) is 0 Å². The summed E-state index contributed by atoms with van der Waals surface area (Å²) in [5.41, 5.74) is 9.84. The molecular weight excluding hydrogens is 546 g/mol. The first kappa shape index (κ1) is 25.4. The van der Waals surface area contributed by atoms with Crippen molar-refractivity contribution in [2.45, 2.75) is 0 Å². The molecule has 0 radical (unpaired) electrons. The van der Waals surface area contributed by atoms with Crippen molar-refractivity contribution < 1.29 is 0 Å². The molecule has 0 bridgehead atoms. The maximum atomic E-state index is 5.11. The van der Waals surface area contributed by atoms with Gasteiger partial charge in [-0.15, -0.1) is 0 Å². The van der Waals surface area contributed by atoms with Gasteiger partial charge in [-0.05, 0) is 52.9 Å². The summed E-state index contributed by atoms with van der Waals surface area (Å²) in [5, 5.41) is 5.99. The van der Waals surface area contributed by atoms with Crippen LogP contribution in [0.25, 0.3) is 82.9 Å². The molecule has 3 nitrogen and oxygen atoms in total. The van der Waals surface area contributed by atoms with Crippen molar-refractivity contribution >= 4 is 43.5 Å². The van der Waals surface area contributed by atoms with Gasteiger partial charge in [0.2, 0.25) is 0 Å². The van der Waals surface area contributed by atoms with E-state index in [-0.39, 0.29) is 0 Å². The van der Waals surface area contributed by atoms with Gasteiger partial charge >= 0.3 is 0 Å². The molecule has 45 heavy (non-hydrogen) atoms. The Morgan fingerprint density at radius 2 is 1.00 bits per heavy atom. The SMILES string of the molecule is c1ccc(-c2nc(-c3ccccc3)c3cc(-c4ccc5c(c4)c4ccccc4n5-c4cccc5ccccc45)ccc3n2)cc1. The Labute approximate surface area is 260 Å². The molecule has 0 unspecified atom stereocenters. The zero-order valence-electron chi connectivity index (χ0n) is 24.4. The Kier molecular flexibility index (Phi) is 5.82. The molecule has 2 heterocycles. The first-order chi connectivity index (χ1) is 22.3. The van der Waals surface area contributed by atoms with E-state index in [9.17, 15) is 0 Å². The Balaban J connectivity index is 1.25. The van der Waals surface area contributed by atoms with Gasteiger partial charge in [0.05, 0.1) is 27.9 Å². The molecule has 0 saturated heterocycles. The third-order valence-corrected chi connectivity index (χ3v) is 8.79. The minimum absolute atomic E-state index is 0.734. The van der Waals surface area contributed by atoms with Gasteiger partial charge < -0.3 is 4.57 Å². The highest BCUT2D eigenvalue weighted by Crippen LogP contribution is 2.38. The molecular formula is C42H27N3. The lowest BCUT2D eigenvalue weighted by molar-refractivity contribution is 1.20. The van der Waals surface area contributed by atoms with E-state index in [4.69, 9.17) is 9.97 Å². The van der Waals surface area contributed by atoms with E-state index in [1.807, 2.05) is 24.3 Å². The van der Waals surface area contributed by atoms with Crippen molar-refractivity contribution in [3.63, 3.8) is 0 Å². The lowest BCUT2D eigenvalue weighted by Gasteiger charge is -2.12. The summed E-state index contributed by atoms with van der Waals surface area (Å²) in [6, 6.07) is 57.9. The van der Waals surface area contributed by atoms with Crippen LogP contribution in [0.2, 0.25) is 0 Å². The van der Waals surface area contributed by atoms with Gasteiger partial charge in [0, 0.05) is 32.7 Å². The first-order valence-corrected chi connectivity index (χ1v) is 15.3. The molecule has 9 aromatic rings. The normalized spacial score (nSPS) is 11.6. The van der Waals surface area contributed by atoms with Gasteiger partial charge in [-0.2, -0.15) is 0 Å². The zero-order chi connectivity index (χ0) is 29.7. The van der Waals surface area contributed by atoms with Crippen LogP contribution in [0.1, 0.15) is 0 Å². The van der Waals surface area contributed by atoms with Crippen LogP contribution in [0, 0.1) is 0 Å². The van der Waals surface area contributed by atoms with Gasteiger partial charge in [0.15, 0.2) is 5.82 Å². The molecule has 0 atom stereocenters. The summed E-state index contributed by atoms with van der Waals surface area (Å²) in [5.74, 6) is 0.734. The molecule has 3 heteroatoms. The Morgan fingerprint density at radius 3 is 1.82 bits per heavy atom. The molecule has 0 amide bonds. The Hall–Kier alpha value is -6.06. The summed E-state index contributed by atoms with van der Waals surface area (Å²) in [6.45, 7) is 0. The van der Waals surface area contributed by atoms with Gasteiger partial charge in [0.1, 0.15) is 0 Å². The lowest BCUT2D eigenvalue weighted by Crippen LogP contribution is -1.96. The van der Waals surface area contributed by atoms with Crippen molar-refractivity contribution in [1.82, 2.24) is 14.5 Å². The molecule has 0 aliphatic rings. The molecule has 2 aromatic heterocycles. The summed E-state index contributed by atoms with van der Waals surface area (Å²) in [7, 11) is 0. The summed E-state index contributed by atoms with van der Waals surface area (Å²) in [6.07, 6.45) is 0. The third-order valence-electron chi connectivity index (χ3n) is 8.79. The predicted octanol–water partition coefficient (Wildman–Crippen LogP) is 10.9. The monoisotopic (exact) mass is 573 g/mol. The van der Waals surface area contributed by atoms with E-state index >= 15 is 0 Å². The minimum Gasteiger partial charge on any atom is -0.309 e. The quantitative estimate of drug-likeness (QED) is 0.210. The van der Waals surface area contributed by atoms with Crippen molar-refractivity contribution in [2.24, 2.45) is 0 Å². The summed E-state index contributed by atoms with van der Waals surface area (Å²) < 4.78 is 2.41. The van der Waals surface area contributed by atoms with Crippen molar-refractivity contribution in [2.75, 3.05) is 0 Å². The maximum absolute atomic E-state index is 5.11. The summed E-state index contributed by atoms with van der Waals surface area (Å²) >= 11 is 0. The van der Waals surface area contributed by atoms with Crippen LogP contribution in [-0.4, -0.2) is 14.5 Å². The molecule has 9 rings (SSSR count). The second-order valence-electron chi connectivity index (χ2n) is 11.4. The molecule has 0 aliphatic carbocycles. The van der Waals surface area contributed by atoms with Crippen molar-refractivity contribution in [3.05, 3.63) is 164 Å². The van der Waals surface area contributed by atoms with Crippen molar-refractivity contribution in [3.8, 4) is 39.5 Å². The number of fused-ring (bicyclic) bond motifs is 5. The number of para-hydroxylation sites is 1. The fourth-order valence-corrected chi connectivity index (χ4v) is 6.66. The molecule has 7 aromatic carbocycles. The fraction of sp³-hybridized carbons (Fsp3) is 0. The second kappa shape index (κ2) is 10.3. The van der Waals surface area contributed by atoms with Crippen LogP contribution >= 0.6 is 0 Å². The highest BCUT2D eigenvalue weighted by Gasteiger charge is 2.16. The molecule has 210 valence electrons. The van der Waals surface area contributed by atoms with Gasteiger partial charge in [-0.25, -0.2) is 9.97 Å². The number of rotatable bonds is 4. The topological polar surface area (TPSA) is 30.7 Å². The van der Waals surface area contributed by atoms with E-state index in [0.717, 1.165) is 44.7 Å². The molecule has 0 fully saturated rings. The zero-order valence-corrected chi connectivity index (χ0v) is 24.4. The average Bonchev–Trinajstić information content (AvgIpc) is 3.45. The summed E-state index contributed by atoms with van der Waals surface area (Å²) in [4.78, 5) is 10.1. The minimum atomic E-state index is 0.734. The van der Waals surface area contributed by atoms with Crippen LogP contribution in [0.15, 0.2) is 164 Å². The molecule has 0 aliphatic heterocycles. The standard InChI is InChI=1S/C42H27N3/c1-3-13-29(14-4-1)41-36-27-31(22-24-37(36)43-42(44-41)30-15-5-2-6-16-30)32-23-25-40-35(26-32)34-19-9-10-20-39(34)45(40)38-21-11-17-28-12-7-8-18-33(28)38/h1-27H. The smallest absolute Gasteiger partial charge is 0.160 e. The van der Waals surface area contributed by atoms with Gasteiger partial charge in [0.25, 0.3) is 0 Å². The highest BCUT2D eigenvalue weighted by molar-refractivity contribution is 6.12. The van der Waals surface area contributed by atoms with E-state index in [1.165, 1.54) is 38.3 Å². The van der Waals surface area contributed by atoms with Crippen LogP contribution in [0.3, 0.4) is 0 Å². The molecule has 0 N–H and O–H groups in total. The van der Waals surface area contributed by atoms with E-state index < -0.39 is 0 Å². The van der Waals surface area contributed by atoms with Crippen LogP contribution < -0.4 is 0 Å². The van der Waals surface area contributed by atoms with Crippen LogP contribution in [0.5, 0.6) is 0 Å².